The molecule has 0 spiro atoms. The van der Waals surface area contributed by atoms with Crippen molar-refractivity contribution >= 4 is 23.7 Å². The van der Waals surface area contributed by atoms with Crippen LogP contribution in [0.2, 0.25) is 0 Å². The summed E-state index contributed by atoms with van der Waals surface area (Å²) in [7, 11) is 4.18. The predicted octanol–water partition coefficient (Wildman–Crippen LogP) is 1.22. The van der Waals surface area contributed by atoms with Gasteiger partial charge in [0.25, 0.3) is 0 Å². The standard InChI is InChI=1S/C12H20N2S.C2H2O4/c1-14(2)9-8-13-10-11-4-6-12(15-3)7-5-11;3-1(4)2(5)6/h4-7,13H,8-10H2,1-3H3;(H,3,4)(H,5,6). The van der Waals surface area contributed by atoms with E-state index in [4.69, 9.17) is 19.8 Å². The van der Waals surface area contributed by atoms with E-state index in [1.807, 2.05) is 0 Å². The first kappa shape index (κ1) is 19.4. The van der Waals surface area contributed by atoms with Crippen LogP contribution in [0.5, 0.6) is 0 Å². The van der Waals surface area contributed by atoms with Crippen LogP contribution in [0.4, 0.5) is 0 Å². The van der Waals surface area contributed by atoms with E-state index in [9.17, 15) is 0 Å². The van der Waals surface area contributed by atoms with Crippen molar-refractivity contribution < 1.29 is 19.8 Å². The molecule has 0 aliphatic rings. The Morgan fingerprint density at radius 1 is 1.14 bits per heavy atom. The summed E-state index contributed by atoms with van der Waals surface area (Å²) >= 11 is 1.78. The van der Waals surface area contributed by atoms with Crippen LogP contribution in [0.25, 0.3) is 0 Å². The number of hydrogen-bond acceptors (Lipinski definition) is 5. The number of carboxylic acids is 2. The summed E-state index contributed by atoms with van der Waals surface area (Å²) in [4.78, 5) is 21.7. The van der Waals surface area contributed by atoms with Gasteiger partial charge >= 0.3 is 11.9 Å². The molecule has 1 aromatic rings. The van der Waals surface area contributed by atoms with Gasteiger partial charge in [0.05, 0.1) is 0 Å². The van der Waals surface area contributed by atoms with Crippen LogP contribution in [0.15, 0.2) is 29.2 Å². The van der Waals surface area contributed by atoms with Gasteiger partial charge in [-0.25, -0.2) is 9.59 Å². The molecular formula is C14H22N2O4S. The Bertz CT molecular complexity index is 423. The number of likely N-dealkylation sites (N-methyl/N-ethyl adjacent to an activating group) is 1. The van der Waals surface area contributed by atoms with Crippen molar-refractivity contribution in [2.45, 2.75) is 11.4 Å². The highest BCUT2D eigenvalue weighted by atomic mass is 32.2. The van der Waals surface area contributed by atoms with E-state index in [1.165, 1.54) is 10.5 Å². The summed E-state index contributed by atoms with van der Waals surface area (Å²) in [5, 5.41) is 18.2. The molecule has 0 saturated heterocycles. The van der Waals surface area contributed by atoms with Gasteiger partial charge in [0.1, 0.15) is 0 Å². The van der Waals surface area contributed by atoms with Crippen molar-refractivity contribution in [1.82, 2.24) is 10.2 Å². The third kappa shape index (κ3) is 10.8. The molecule has 0 amide bonds. The van der Waals surface area contributed by atoms with Crippen LogP contribution >= 0.6 is 11.8 Å². The number of nitrogens with zero attached hydrogens (tertiary/aromatic N) is 1. The second kappa shape index (κ2) is 11.1. The monoisotopic (exact) mass is 314 g/mol. The molecule has 118 valence electrons. The van der Waals surface area contributed by atoms with Gasteiger partial charge in [0.2, 0.25) is 0 Å². The van der Waals surface area contributed by atoms with E-state index in [1.54, 1.807) is 11.8 Å². The van der Waals surface area contributed by atoms with Crippen LogP contribution in [-0.2, 0) is 16.1 Å². The fraction of sp³-hybridized carbons (Fsp3) is 0.429. The van der Waals surface area contributed by atoms with Gasteiger partial charge in [0.15, 0.2) is 0 Å². The second-order valence-corrected chi connectivity index (χ2v) is 5.32. The van der Waals surface area contributed by atoms with E-state index in [0.717, 1.165) is 19.6 Å². The van der Waals surface area contributed by atoms with Gasteiger partial charge in [-0.15, -0.1) is 11.8 Å². The summed E-state index contributed by atoms with van der Waals surface area (Å²) in [6, 6.07) is 8.73. The summed E-state index contributed by atoms with van der Waals surface area (Å²) in [6.45, 7) is 3.09. The van der Waals surface area contributed by atoms with Crippen molar-refractivity contribution in [3.63, 3.8) is 0 Å². The molecule has 1 aromatic carbocycles. The molecule has 7 heteroatoms. The molecule has 0 saturated carbocycles. The van der Waals surface area contributed by atoms with E-state index in [0.29, 0.717) is 0 Å². The van der Waals surface area contributed by atoms with E-state index < -0.39 is 11.9 Å². The average Bonchev–Trinajstić information content (AvgIpc) is 2.44. The first-order chi connectivity index (χ1) is 9.86. The number of rotatable bonds is 6. The summed E-state index contributed by atoms with van der Waals surface area (Å²) in [5.74, 6) is -3.65. The number of benzene rings is 1. The maximum absolute atomic E-state index is 9.10. The second-order valence-electron chi connectivity index (χ2n) is 4.44. The molecule has 1 rings (SSSR count). The summed E-state index contributed by atoms with van der Waals surface area (Å²) in [5.41, 5.74) is 1.35. The third-order valence-corrected chi connectivity index (χ3v) is 3.15. The molecule has 0 unspecified atom stereocenters. The SMILES string of the molecule is CSc1ccc(CNCCN(C)C)cc1.O=C(O)C(=O)O. The number of thioether (sulfide) groups is 1. The molecule has 6 nitrogen and oxygen atoms in total. The largest absolute Gasteiger partial charge is 0.473 e. The van der Waals surface area contributed by atoms with Gasteiger partial charge in [-0.1, -0.05) is 12.1 Å². The Morgan fingerprint density at radius 3 is 2.05 bits per heavy atom. The minimum absolute atomic E-state index is 0.961. The van der Waals surface area contributed by atoms with Crippen LogP contribution in [0.3, 0.4) is 0 Å². The highest BCUT2D eigenvalue weighted by Gasteiger charge is 2.04. The first-order valence-corrected chi connectivity index (χ1v) is 7.54. The minimum Gasteiger partial charge on any atom is -0.473 e. The lowest BCUT2D eigenvalue weighted by Gasteiger charge is -2.10. The topological polar surface area (TPSA) is 89.9 Å². The quantitative estimate of drug-likeness (QED) is 0.413. The predicted molar refractivity (Wildman–Crippen MR) is 83.8 cm³/mol. The molecule has 0 atom stereocenters. The minimum atomic E-state index is -1.82. The zero-order valence-corrected chi connectivity index (χ0v) is 13.3. The number of nitrogens with one attached hydrogen (secondary N) is 1. The summed E-state index contributed by atoms with van der Waals surface area (Å²) < 4.78 is 0. The highest BCUT2D eigenvalue weighted by molar-refractivity contribution is 7.98. The zero-order chi connectivity index (χ0) is 16.3. The summed E-state index contributed by atoms with van der Waals surface area (Å²) in [6.07, 6.45) is 2.10. The fourth-order valence-electron chi connectivity index (χ4n) is 1.28. The molecule has 0 radical (unpaired) electrons. The van der Waals surface area contributed by atoms with Gasteiger partial charge in [-0.2, -0.15) is 0 Å². The Kier molecular flexibility index (Phi) is 10.3. The smallest absolute Gasteiger partial charge is 0.414 e. The van der Waals surface area contributed by atoms with Crippen LogP contribution in [0.1, 0.15) is 5.56 Å². The van der Waals surface area contributed by atoms with Crippen molar-refractivity contribution in [3.05, 3.63) is 29.8 Å². The molecule has 21 heavy (non-hydrogen) atoms. The van der Waals surface area contributed by atoms with Gasteiger partial charge in [0, 0.05) is 24.5 Å². The van der Waals surface area contributed by atoms with E-state index in [2.05, 4.69) is 54.8 Å². The third-order valence-electron chi connectivity index (χ3n) is 2.41. The maximum Gasteiger partial charge on any atom is 0.414 e. The van der Waals surface area contributed by atoms with Crippen LogP contribution in [0, 0.1) is 0 Å². The van der Waals surface area contributed by atoms with Gasteiger partial charge in [-0.3, -0.25) is 0 Å². The van der Waals surface area contributed by atoms with E-state index in [-0.39, 0.29) is 0 Å². The maximum atomic E-state index is 9.10. The molecular weight excluding hydrogens is 292 g/mol. The first-order valence-electron chi connectivity index (χ1n) is 6.31. The highest BCUT2D eigenvalue weighted by Crippen LogP contribution is 2.14. The Balaban J connectivity index is 0.000000567. The van der Waals surface area contributed by atoms with Crippen LogP contribution in [-0.4, -0.2) is 60.5 Å². The van der Waals surface area contributed by atoms with Crippen LogP contribution < -0.4 is 5.32 Å². The van der Waals surface area contributed by atoms with Crippen molar-refractivity contribution in [3.8, 4) is 0 Å². The average molecular weight is 314 g/mol. The molecule has 0 bridgehead atoms. The molecule has 0 aliphatic carbocycles. The van der Waals surface area contributed by atoms with Gasteiger partial charge < -0.3 is 20.4 Å². The molecule has 0 aromatic heterocycles. The fourth-order valence-corrected chi connectivity index (χ4v) is 1.69. The number of aliphatic carboxylic acids is 2. The zero-order valence-electron chi connectivity index (χ0n) is 12.5. The number of carboxylic acid groups (broad SMARTS) is 2. The molecule has 0 heterocycles. The lowest BCUT2D eigenvalue weighted by Crippen LogP contribution is -2.26. The molecule has 0 aliphatic heterocycles. The lowest BCUT2D eigenvalue weighted by atomic mass is 10.2. The Labute approximate surface area is 129 Å². The van der Waals surface area contributed by atoms with Crippen molar-refractivity contribution in [2.75, 3.05) is 33.4 Å². The Hall–Kier alpha value is -1.57. The van der Waals surface area contributed by atoms with Gasteiger partial charge in [-0.05, 0) is 38.0 Å². The van der Waals surface area contributed by atoms with Crippen molar-refractivity contribution in [1.29, 1.82) is 0 Å². The van der Waals surface area contributed by atoms with Crippen molar-refractivity contribution in [2.24, 2.45) is 0 Å². The normalized spacial score (nSPS) is 9.90. The lowest BCUT2D eigenvalue weighted by molar-refractivity contribution is -0.159. The number of hydrogen-bond donors (Lipinski definition) is 3. The molecule has 3 N–H and O–H groups in total. The number of carbonyl (C=O) groups is 2. The molecule has 0 fully saturated rings. The van der Waals surface area contributed by atoms with E-state index >= 15 is 0 Å². The Morgan fingerprint density at radius 2 is 1.67 bits per heavy atom.